The Bertz CT molecular complexity index is 348. The molecule has 1 aromatic rings. The van der Waals surface area contributed by atoms with E-state index in [0.29, 0.717) is 0 Å². The average Bonchev–Trinajstić information content (AvgIpc) is 2.46. The number of halogens is 1. The van der Waals surface area contributed by atoms with Crippen LogP contribution in [0, 0.1) is 0 Å². The molecule has 0 bridgehead atoms. The van der Waals surface area contributed by atoms with Crippen LogP contribution in [0.5, 0.6) is 0 Å². The van der Waals surface area contributed by atoms with Crippen LogP contribution in [0.4, 0.5) is 0 Å². The van der Waals surface area contributed by atoms with Gasteiger partial charge in [-0.2, -0.15) is 5.10 Å². The minimum absolute atomic E-state index is 0.209. The first-order valence-electron chi connectivity index (χ1n) is 4.82. The molecule has 1 atom stereocenters. The standard InChI is InChI=1S/C10H14BrN3/c1-14-10(9(11)6-13-14)7-3-2-4-8(12)5-7/h5-6,8H,2-4,12H2,1H3. The zero-order chi connectivity index (χ0) is 10.1. The fourth-order valence-electron chi connectivity index (χ4n) is 1.92. The highest BCUT2D eigenvalue weighted by Gasteiger charge is 2.16. The van der Waals surface area contributed by atoms with Gasteiger partial charge in [0, 0.05) is 13.1 Å². The molecule has 0 aromatic carbocycles. The van der Waals surface area contributed by atoms with E-state index in [-0.39, 0.29) is 6.04 Å². The molecule has 0 amide bonds. The molecule has 2 rings (SSSR count). The van der Waals surface area contributed by atoms with E-state index in [1.807, 2.05) is 17.9 Å². The molecule has 1 aliphatic carbocycles. The van der Waals surface area contributed by atoms with E-state index in [9.17, 15) is 0 Å². The minimum Gasteiger partial charge on any atom is -0.324 e. The van der Waals surface area contributed by atoms with E-state index < -0.39 is 0 Å². The Morgan fingerprint density at radius 1 is 1.64 bits per heavy atom. The normalized spacial score (nSPS) is 22.2. The molecule has 4 heteroatoms. The molecular weight excluding hydrogens is 242 g/mol. The maximum absolute atomic E-state index is 5.91. The first kappa shape index (κ1) is 9.93. The largest absolute Gasteiger partial charge is 0.324 e. The van der Waals surface area contributed by atoms with Crippen molar-refractivity contribution in [2.45, 2.75) is 25.3 Å². The predicted molar refractivity (Wildman–Crippen MR) is 60.7 cm³/mol. The van der Waals surface area contributed by atoms with Gasteiger partial charge in [0.25, 0.3) is 0 Å². The van der Waals surface area contributed by atoms with Crippen molar-refractivity contribution in [3.05, 3.63) is 22.4 Å². The number of rotatable bonds is 1. The van der Waals surface area contributed by atoms with Crippen molar-refractivity contribution >= 4 is 21.5 Å². The summed E-state index contributed by atoms with van der Waals surface area (Å²) in [6.07, 6.45) is 7.36. The Morgan fingerprint density at radius 2 is 2.43 bits per heavy atom. The summed E-state index contributed by atoms with van der Waals surface area (Å²) in [5.41, 5.74) is 8.39. The van der Waals surface area contributed by atoms with Gasteiger partial charge in [-0.1, -0.05) is 6.08 Å². The number of hydrogen-bond donors (Lipinski definition) is 1. The molecule has 14 heavy (non-hydrogen) atoms. The maximum atomic E-state index is 5.91. The van der Waals surface area contributed by atoms with Crippen LogP contribution in [0.15, 0.2) is 16.7 Å². The van der Waals surface area contributed by atoms with Gasteiger partial charge in [0.1, 0.15) is 0 Å². The number of allylic oxidation sites excluding steroid dienone is 1. The lowest BCUT2D eigenvalue weighted by Crippen LogP contribution is -2.20. The van der Waals surface area contributed by atoms with Crippen molar-refractivity contribution in [2.24, 2.45) is 12.8 Å². The molecule has 0 saturated carbocycles. The van der Waals surface area contributed by atoms with Crippen molar-refractivity contribution in [1.29, 1.82) is 0 Å². The van der Waals surface area contributed by atoms with Gasteiger partial charge in [-0.15, -0.1) is 0 Å². The van der Waals surface area contributed by atoms with Gasteiger partial charge in [0.15, 0.2) is 0 Å². The summed E-state index contributed by atoms with van der Waals surface area (Å²) in [4.78, 5) is 0. The lowest BCUT2D eigenvalue weighted by atomic mass is 9.94. The number of hydrogen-bond acceptors (Lipinski definition) is 2. The van der Waals surface area contributed by atoms with Gasteiger partial charge in [0.05, 0.1) is 16.4 Å². The summed E-state index contributed by atoms with van der Waals surface area (Å²) in [6.45, 7) is 0. The predicted octanol–water partition coefficient (Wildman–Crippen LogP) is 2.08. The second kappa shape index (κ2) is 3.87. The van der Waals surface area contributed by atoms with Gasteiger partial charge in [-0.05, 0) is 40.8 Å². The maximum Gasteiger partial charge on any atom is 0.0778 e. The first-order chi connectivity index (χ1) is 6.68. The molecule has 1 aromatic heterocycles. The molecule has 1 unspecified atom stereocenters. The van der Waals surface area contributed by atoms with Crippen LogP contribution in [0.25, 0.3) is 5.57 Å². The molecular formula is C10H14BrN3. The second-order valence-corrected chi connectivity index (χ2v) is 4.57. The summed E-state index contributed by atoms with van der Waals surface area (Å²) < 4.78 is 2.95. The van der Waals surface area contributed by atoms with Crippen LogP contribution >= 0.6 is 15.9 Å². The molecule has 0 aliphatic heterocycles. The average molecular weight is 256 g/mol. The summed E-state index contributed by atoms with van der Waals surface area (Å²) in [6, 6.07) is 0.209. The third-order valence-corrected chi connectivity index (χ3v) is 3.18. The molecule has 2 N–H and O–H groups in total. The zero-order valence-corrected chi connectivity index (χ0v) is 9.79. The molecule has 0 fully saturated rings. The van der Waals surface area contributed by atoms with Crippen molar-refractivity contribution in [1.82, 2.24) is 9.78 Å². The van der Waals surface area contributed by atoms with E-state index in [1.165, 1.54) is 17.7 Å². The van der Waals surface area contributed by atoms with Crippen LogP contribution in [0.3, 0.4) is 0 Å². The molecule has 0 saturated heterocycles. The molecule has 0 spiro atoms. The fraction of sp³-hybridized carbons (Fsp3) is 0.500. The van der Waals surface area contributed by atoms with Crippen molar-refractivity contribution in [2.75, 3.05) is 0 Å². The van der Waals surface area contributed by atoms with Crippen LogP contribution in [-0.2, 0) is 7.05 Å². The van der Waals surface area contributed by atoms with Crippen LogP contribution in [0.2, 0.25) is 0 Å². The van der Waals surface area contributed by atoms with Crippen LogP contribution in [-0.4, -0.2) is 15.8 Å². The molecule has 1 heterocycles. The van der Waals surface area contributed by atoms with E-state index in [1.54, 1.807) is 0 Å². The number of aromatic nitrogens is 2. The van der Waals surface area contributed by atoms with Gasteiger partial charge < -0.3 is 5.73 Å². The first-order valence-corrected chi connectivity index (χ1v) is 5.62. The SMILES string of the molecule is Cn1ncc(Br)c1C1=CC(N)CCC1. The Kier molecular flexibility index (Phi) is 2.74. The van der Waals surface area contributed by atoms with Crippen molar-refractivity contribution in [3.63, 3.8) is 0 Å². The summed E-state index contributed by atoms with van der Waals surface area (Å²) in [5, 5.41) is 4.20. The number of aryl methyl sites for hydroxylation is 1. The molecule has 76 valence electrons. The summed E-state index contributed by atoms with van der Waals surface area (Å²) in [7, 11) is 1.96. The third kappa shape index (κ3) is 1.77. The quantitative estimate of drug-likeness (QED) is 0.836. The van der Waals surface area contributed by atoms with E-state index in [2.05, 4.69) is 27.1 Å². The lowest BCUT2D eigenvalue weighted by Gasteiger charge is -2.18. The zero-order valence-electron chi connectivity index (χ0n) is 8.20. The highest BCUT2D eigenvalue weighted by molar-refractivity contribution is 9.10. The second-order valence-electron chi connectivity index (χ2n) is 3.71. The van der Waals surface area contributed by atoms with Crippen LogP contribution < -0.4 is 5.73 Å². The molecule has 0 radical (unpaired) electrons. The van der Waals surface area contributed by atoms with Crippen molar-refractivity contribution < 1.29 is 0 Å². The highest BCUT2D eigenvalue weighted by atomic mass is 79.9. The summed E-state index contributed by atoms with van der Waals surface area (Å²) >= 11 is 3.51. The van der Waals surface area contributed by atoms with Gasteiger partial charge in [-0.25, -0.2) is 0 Å². The van der Waals surface area contributed by atoms with Gasteiger partial charge in [0.2, 0.25) is 0 Å². The van der Waals surface area contributed by atoms with E-state index in [0.717, 1.165) is 17.3 Å². The van der Waals surface area contributed by atoms with E-state index >= 15 is 0 Å². The summed E-state index contributed by atoms with van der Waals surface area (Å²) in [5.74, 6) is 0. The Labute approximate surface area is 92.1 Å². The Hall–Kier alpha value is -0.610. The third-order valence-electron chi connectivity index (χ3n) is 2.60. The monoisotopic (exact) mass is 255 g/mol. The number of nitrogens with zero attached hydrogens (tertiary/aromatic N) is 2. The Balaban J connectivity index is 2.39. The fourth-order valence-corrected chi connectivity index (χ4v) is 2.53. The van der Waals surface area contributed by atoms with Crippen molar-refractivity contribution in [3.8, 4) is 0 Å². The van der Waals surface area contributed by atoms with Crippen LogP contribution in [0.1, 0.15) is 25.0 Å². The molecule has 1 aliphatic rings. The Morgan fingerprint density at radius 3 is 3.00 bits per heavy atom. The highest BCUT2D eigenvalue weighted by Crippen LogP contribution is 2.30. The topological polar surface area (TPSA) is 43.8 Å². The molecule has 3 nitrogen and oxygen atoms in total. The number of nitrogens with two attached hydrogens (primary N) is 1. The van der Waals surface area contributed by atoms with Gasteiger partial charge in [-0.3, -0.25) is 4.68 Å². The minimum atomic E-state index is 0.209. The lowest BCUT2D eigenvalue weighted by molar-refractivity contribution is 0.646. The van der Waals surface area contributed by atoms with Gasteiger partial charge >= 0.3 is 0 Å². The smallest absolute Gasteiger partial charge is 0.0778 e. The van der Waals surface area contributed by atoms with E-state index in [4.69, 9.17) is 5.73 Å².